The van der Waals surface area contributed by atoms with E-state index in [-0.39, 0.29) is 0 Å². The Hall–Kier alpha value is -3.13. The number of hydrogen-bond donors (Lipinski definition) is 1. The maximum absolute atomic E-state index is 4.11. The second kappa shape index (κ2) is 6.17. The Labute approximate surface area is 141 Å². The Balaban J connectivity index is 2.12. The molecule has 4 aromatic rings. The molecule has 1 N–H and O–H groups in total. The molecule has 0 fully saturated rings. The lowest BCUT2D eigenvalue weighted by molar-refractivity contribution is 0.744. The molecule has 1 heterocycles. The van der Waals surface area contributed by atoms with Gasteiger partial charge in [-0.15, -0.1) is 0 Å². The molecular weight excluding hydrogens is 292 g/mol. The van der Waals surface area contributed by atoms with Crippen molar-refractivity contribution in [3.8, 4) is 0 Å². The summed E-state index contributed by atoms with van der Waals surface area (Å²) in [4.78, 5) is 0. The largest absolute Gasteiger partial charge is 0.285 e. The van der Waals surface area contributed by atoms with E-state index in [4.69, 9.17) is 0 Å². The lowest BCUT2D eigenvalue weighted by Crippen LogP contribution is -2.30. The van der Waals surface area contributed by atoms with Crippen LogP contribution in [0.25, 0.3) is 0 Å². The normalized spacial score (nSPS) is 11.3. The molecule has 24 heavy (non-hydrogen) atoms. The van der Waals surface area contributed by atoms with Gasteiger partial charge >= 0.3 is 0 Å². The molecule has 3 aromatic carbocycles. The van der Waals surface area contributed by atoms with Crippen molar-refractivity contribution in [3.05, 3.63) is 126 Å². The standard InChI is InChI=1S/C22H17N2/c1-4-10-18(11-5-1)22(21-16-23-24-17-21,19-12-6-2-7-13-19)20-14-8-3-9-15-20/h1-16H,(H,23,24). The molecule has 4 rings (SSSR count). The van der Waals surface area contributed by atoms with Crippen molar-refractivity contribution in [2.45, 2.75) is 5.41 Å². The summed E-state index contributed by atoms with van der Waals surface area (Å²) < 4.78 is 0. The number of nitrogens with zero attached hydrogens (tertiary/aromatic N) is 1. The van der Waals surface area contributed by atoms with Gasteiger partial charge in [0.1, 0.15) is 6.20 Å². The Bertz CT molecular complexity index is 786. The molecular formula is C22H17N2. The zero-order valence-electron chi connectivity index (χ0n) is 13.2. The summed E-state index contributed by atoms with van der Waals surface area (Å²) in [7, 11) is 0. The summed E-state index contributed by atoms with van der Waals surface area (Å²) in [6.07, 6.45) is 5.11. The Morgan fingerprint density at radius 3 is 1.38 bits per heavy atom. The molecule has 1 aromatic heterocycles. The van der Waals surface area contributed by atoms with Crippen LogP contribution in [0.5, 0.6) is 0 Å². The average Bonchev–Trinajstić information content (AvgIpc) is 3.20. The summed E-state index contributed by atoms with van der Waals surface area (Å²) >= 11 is 0. The molecule has 0 saturated heterocycles. The number of aromatic amines is 1. The van der Waals surface area contributed by atoms with Crippen LogP contribution in [0.4, 0.5) is 0 Å². The molecule has 0 aliphatic carbocycles. The van der Waals surface area contributed by atoms with E-state index in [1.54, 1.807) is 0 Å². The Kier molecular flexibility index (Phi) is 3.72. The van der Waals surface area contributed by atoms with Gasteiger partial charge in [0.25, 0.3) is 0 Å². The van der Waals surface area contributed by atoms with Crippen molar-refractivity contribution in [2.75, 3.05) is 0 Å². The minimum absolute atomic E-state index is 0.448. The summed E-state index contributed by atoms with van der Waals surface area (Å²) in [6.45, 7) is 0. The predicted molar refractivity (Wildman–Crippen MR) is 95.7 cm³/mol. The minimum atomic E-state index is -0.448. The molecule has 1 radical (unpaired) electrons. The molecule has 0 unspecified atom stereocenters. The van der Waals surface area contributed by atoms with Gasteiger partial charge in [0.15, 0.2) is 0 Å². The monoisotopic (exact) mass is 309 g/mol. The number of benzene rings is 3. The van der Waals surface area contributed by atoms with Gasteiger partial charge in [0.05, 0.1) is 5.41 Å². The van der Waals surface area contributed by atoms with E-state index in [2.05, 4.69) is 89.2 Å². The van der Waals surface area contributed by atoms with E-state index in [1.165, 1.54) is 16.7 Å². The molecule has 0 bridgehead atoms. The van der Waals surface area contributed by atoms with Crippen LogP contribution in [0.1, 0.15) is 22.3 Å². The van der Waals surface area contributed by atoms with E-state index < -0.39 is 5.41 Å². The highest BCUT2D eigenvalue weighted by atomic mass is 15.1. The van der Waals surface area contributed by atoms with Gasteiger partial charge in [0, 0.05) is 11.8 Å². The number of rotatable bonds is 4. The van der Waals surface area contributed by atoms with E-state index in [0.717, 1.165) is 5.56 Å². The van der Waals surface area contributed by atoms with Gasteiger partial charge in [-0.2, -0.15) is 5.10 Å². The topological polar surface area (TPSA) is 28.7 Å². The maximum Gasteiger partial charge on any atom is 0.117 e. The van der Waals surface area contributed by atoms with Gasteiger partial charge in [-0.3, -0.25) is 5.10 Å². The third-order valence-corrected chi connectivity index (χ3v) is 4.47. The van der Waals surface area contributed by atoms with Crippen molar-refractivity contribution in [1.82, 2.24) is 10.2 Å². The zero-order valence-corrected chi connectivity index (χ0v) is 13.2. The fraction of sp³-hybridized carbons (Fsp3) is 0.0455. The smallest absolute Gasteiger partial charge is 0.117 e. The molecule has 2 heteroatoms. The van der Waals surface area contributed by atoms with Crippen LogP contribution in [0.2, 0.25) is 0 Å². The van der Waals surface area contributed by atoms with Crippen molar-refractivity contribution >= 4 is 0 Å². The van der Waals surface area contributed by atoms with Gasteiger partial charge in [0.2, 0.25) is 0 Å². The Morgan fingerprint density at radius 1 is 0.625 bits per heavy atom. The second-order valence-electron chi connectivity index (χ2n) is 5.76. The van der Waals surface area contributed by atoms with Crippen LogP contribution < -0.4 is 0 Å². The lowest BCUT2D eigenvalue weighted by atomic mass is 9.66. The molecule has 115 valence electrons. The van der Waals surface area contributed by atoms with E-state index in [0.29, 0.717) is 0 Å². The first-order valence-corrected chi connectivity index (χ1v) is 8.01. The van der Waals surface area contributed by atoms with Crippen LogP contribution in [0, 0.1) is 6.20 Å². The highest BCUT2D eigenvalue weighted by molar-refractivity contribution is 5.58. The van der Waals surface area contributed by atoms with Crippen LogP contribution in [-0.4, -0.2) is 10.2 Å². The minimum Gasteiger partial charge on any atom is -0.285 e. The molecule has 0 atom stereocenters. The second-order valence-corrected chi connectivity index (χ2v) is 5.76. The molecule has 0 saturated carbocycles. The molecule has 0 amide bonds. The van der Waals surface area contributed by atoms with Crippen molar-refractivity contribution < 1.29 is 0 Å². The van der Waals surface area contributed by atoms with Gasteiger partial charge in [-0.1, -0.05) is 91.0 Å². The predicted octanol–water partition coefficient (Wildman–Crippen LogP) is 4.59. The third kappa shape index (κ3) is 2.24. The first-order valence-electron chi connectivity index (χ1n) is 8.01. The molecule has 0 aliphatic rings. The Morgan fingerprint density at radius 2 is 1.04 bits per heavy atom. The van der Waals surface area contributed by atoms with E-state index in [9.17, 15) is 0 Å². The summed E-state index contributed by atoms with van der Waals surface area (Å²) in [5, 5.41) is 7.05. The van der Waals surface area contributed by atoms with E-state index >= 15 is 0 Å². The molecule has 0 spiro atoms. The van der Waals surface area contributed by atoms with Crippen molar-refractivity contribution in [3.63, 3.8) is 0 Å². The number of H-pyrrole nitrogens is 1. The third-order valence-electron chi connectivity index (χ3n) is 4.47. The highest BCUT2D eigenvalue weighted by Gasteiger charge is 2.39. The van der Waals surface area contributed by atoms with Crippen molar-refractivity contribution in [1.29, 1.82) is 0 Å². The van der Waals surface area contributed by atoms with Crippen molar-refractivity contribution in [2.24, 2.45) is 0 Å². The fourth-order valence-corrected chi connectivity index (χ4v) is 3.44. The van der Waals surface area contributed by atoms with Gasteiger partial charge in [-0.25, -0.2) is 0 Å². The summed E-state index contributed by atoms with van der Waals surface area (Å²) in [5.74, 6) is 0. The van der Waals surface area contributed by atoms with Crippen LogP contribution in [0.3, 0.4) is 0 Å². The summed E-state index contributed by atoms with van der Waals surface area (Å²) in [5.41, 5.74) is 4.14. The van der Waals surface area contributed by atoms with Crippen LogP contribution >= 0.6 is 0 Å². The van der Waals surface area contributed by atoms with Gasteiger partial charge < -0.3 is 0 Å². The van der Waals surface area contributed by atoms with Gasteiger partial charge in [-0.05, 0) is 16.7 Å². The molecule has 2 nitrogen and oxygen atoms in total. The first-order chi connectivity index (χ1) is 11.9. The van der Waals surface area contributed by atoms with Crippen LogP contribution in [0.15, 0.2) is 97.2 Å². The fourth-order valence-electron chi connectivity index (χ4n) is 3.44. The number of aromatic nitrogens is 2. The number of hydrogen-bond acceptors (Lipinski definition) is 1. The zero-order chi connectivity index (χ0) is 16.2. The average molecular weight is 309 g/mol. The number of nitrogens with one attached hydrogen (secondary N) is 1. The van der Waals surface area contributed by atoms with E-state index in [1.807, 2.05) is 24.4 Å². The maximum atomic E-state index is 4.11. The first kappa shape index (κ1) is 14.5. The van der Waals surface area contributed by atoms with Crippen LogP contribution in [-0.2, 0) is 5.41 Å². The molecule has 0 aliphatic heterocycles. The lowest BCUT2D eigenvalue weighted by Gasteiger charge is -2.35. The summed E-state index contributed by atoms with van der Waals surface area (Å²) in [6, 6.07) is 31.6. The quantitative estimate of drug-likeness (QED) is 0.549. The SMILES string of the molecule is [c]1n[nH]cc1C(c1ccccc1)(c1ccccc1)c1ccccc1. The highest BCUT2D eigenvalue weighted by Crippen LogP contribution is 2.44.